The number of aromatic carboxylic acids is 1. The molecule has 1 aliphatic heterocycles. The van der Waals surface area contributed by atoms with Crippen molar-refractivity contribution in [3.05, 3.63) is 74.8 Å². The lowest BCUT2D eigenvalue weighted by Gasteiger charge is -2.35. The fraction of sp³-hybridized carbons (Fsp3) is 0.333. The number of carboxylic acids is 1. The predicted octanol–water partition coefficient (Wildman–Crippen LogP) is 2.86. The number of nitro benzene ring substituents is 1. The number of fused-ring (bicyclic) bond motifs is 1. The second kappa shape index (κ2) is 8.83. The summed E-state index contributed by atoms with van der Waals surface area (Å²) in [4.78, 5) is 36.4. The first-order chi connectivity index (χ1) is 13.9. The Bertz CT molecular complexity index is 911. The van der Waals surface area contributed by atoms with E-state index in [-0.39, 0.29) is 17.2 Å². The zero-order chi connectivity index (χ0) is 21.0. The van der Waals surface area contributed by atoms with Crippen molar-refractivity contribution < 1.29 is 19.6 Å². The number of nitro groups is 1. The van der Waals surface area contributed by atoms with Crippen molar-refractivity contribution in [3.63, 3.8) is 0 Å². The van der Waals surface area contributed by atoms with E-state index < -0.39 is 22.5 Å². The SMILES string of the molecule is CCC(CNC(=O)c1cc(C(=O)O)cc([N+](=O)[O-])c1)N1CCc2ccccc2C1. The first kappa shape index (κ1) is 20.5. The van der Waals surface area contributed by atoms with Gasteiger partial charge in [0, 0.05) is 43.4 Å². The molecule has 0 saturated carbocycles. The van der Waals surface area contributed by atoms with Gasteiger partial charge in [0.15, 0.2) is 0 Å². The van der Waals surface area contributed by atoms with Crippen LogP contribution in [0.2, 0.25) is 0 Å². The second-order valence-corrected chi connectivity index (χ2v) is 7.09. The summed E-state index contributed by atoms with van der Waals surface area (Å²) in [7, 11) is 0. The molecule has 0 spiro atoms. The number of carbonyl (C=O) groups is 2. The van der Waals surface area contributed by atoms with Crippen molar-refractivity contribution in [2.24, 2.45) is 0 Å². The molecule has 1 aliphatic rings. The highest BCUT2D eigenvalue weighted by atomic mass is 16.6. The molecule has 1 unspecified atom stereocenters. The summed E-state index contributed by atoms with van der Waals surface area (Å²) < 4.78 is 0. The van der Waals surface area contributed by atoms with Crippen LogP contribution in [0.15, 0.2) is 42.5 Å². The van der Waals surface area contributed by atoms with Crippen molar-refractivity contribution in [2.75, 3.05) is 13.1 Å². The van der Waals surface area contributed by atoms with Crippen molar-refractivity contribution >= 4 is 17.6 Å². The predicted molar refractivity (Wildman–Crippen MR) is 107 cm³/mol. The first-order valence-electron chi connectivity index (χ1n) is 9.50. The summed E-state index contributed by atoms with van der Waals surface area (Å²) in [6.45, 7) is 4.13. The lowest BCUT2D eigenvalue weighted by molar-refractivity contribution is -0.384. The molecule has 2 aromatic carbocycles. The molecular formula is C21H23N3O5. The van der Waals surface area contributed by atoms with E-state index in [2.05, 4.69) is 22.3 Å². The molecule has 0 fully saturated rings. The molecule has 0 bridgehead atoms. The maximum Gasteiger partial charge on any atom is 0.335 e. The third-order valence-electron chi connectivity index (χ3n) is 5.28. The molecule has 1 atom stereocenters. The molecule has 2 aromatic rings. The smallest absolute Gasteiger partial charge is 0.335 e. The van der Waals surface area contributed by atoms with E-state index >= 15 is 0 Å². The third-order valence-corrected chi connectivity index (χ3v) is 5.28. The maximum absolute atomic E-state index is 12.6. The standard InChI is InChI=1S/C21H23N3O5/c1-2-18(23-8-7-14-5-3-4-6-15(14)13-23)12-22-20(25)16-9-17(21(26)27)11-19(10-16)24(28)29/h3-6,9-11,18H,2,7-8,12-13H2,1H3,(H,22,25)(H,26,27). The minimum absolute atomic E-state index is 0.0320. The van der Waals surface area contributed by atoms with Crippen LogP contribution in [0.1, 0.15) is 45.2 Å². The summed E-state index contributed by atoms with van der Waals surface area (Å²) in [5, 5.41) is 23.0. The Labute approximate surface area is 168 Å². The van der Waals surface area contributed by atoms with E-state index in [9.17, 15) is 19.7 Å². The van der Waals surface area contributed by atoms with Gasteiger partial charge in [-0.2, -0.15) is 0 Å². The van der Waals surface area contributed by atoms with Gasteiger partial charge in [0.25, 0.3) is 11.6 Å². The van der Waals surface area contributed by atoms with Gasteiger partial charge in [0.05, 0.1) is 10.5 Å². The summed E-state index contributed by atoms with van der Waals surface area (Å²) in [5.41, 5.74) is 1.89. The van der Waals surface area contributed by atoms with Crippen LogP contribution in [0.3, 0.4) is 0 Å². The summed E-state index contributed by atoms with van der Waals surface area (Å²) >= 11 is 0. The molecular weight excluding hydrogens is 374 g/mol. The minimum atomic E-state index is -1.32. The Kier molecular flexibility index (Phi) is 6.23. The van der Waals surface area contributed by atoms with E-state index in [1.807, 2.05) is 19.1 Å². The number of nitrogens with one attached hydrogen (secondary N) is 1. The molecule has 0 aliphatic carbocycles. The van der Waals surface area contributed by atoms with Crippen molar-refractivity contribution in [2.45, 2.75) is 32.4 Å². The van der Waals surface area contributed by atoms with Gasteiger partial charge >= 0.3 is 5.97 Å². The number of carbonyl (C=O) groups excluding carboxylic acids is 1. The number of nitrogens with zero attached hydrogens (tertiary/aromatic N) is 2. The normalized spacial score (nSPS) is 14.7. The molecule has 0 saturated heterocycles. The van der Waals surface area contributed by atoms with E-state index in [4.69, 9.17) is 5.11 Å². The van der Waals surface area contributed by atoms with Gasteiger partial charge in [-0.3, -0.25) is 19.8 Å². The number of non-ortho nitro benzene ring substituents is 1. The van der Waals surface area contributed by atoms with Crippen LogP contribution >= 0.6 is 0 Å². The first-order valence-corrected chi connectivity index (χ1v) is 9.50. The molecule has 152 valence electrons. The molecule has 2 N–H and O–H groups in total. The van der Waals surface area contributed by atoms with Crippen LogP contribution in [0, 0.1) is 10.1 Å². The number of carboxylic acid groups (broad SMARTS) is 1. The van der Waals surface area contributed by atoms with Gasteiger partial charge < -0.3 is 10.4 Å². The lowest BCUT2D eigenvalue weighted by atomic mass is 9.98. The summed E-state index contributed by atoms with van der Waals surface area (Å²) in [6, 6.07) is 11.6. The van der Waals surface area contributed by atoms with Gasteiger partial charge in [0.1, 0.15) is 0 Å². The zero-order valence-corrected chi connectivity index (χ0v) is 16.1. The summed E-state index contributed by atoms with van der Waals surface area (Å²) in [6.07, 6.45) is 1.78. The van der Waals surface area contributed by atoms with Gasteiger partial charge in [-0.1, -0.05) is 31.2 Å². The Hall–Kier alpha value is -3.26. The maximum atomic E-state index is 12.6. The third kappa shape index (κ3) is 4.78. The number of benzene rings is 2. The summed E-state index contributed by atoms with van der Waals surface area (Å²) in [5.74, 6) is -1.84. The van der Waals surface area contributed by atoms with E-state index in [1.165, 1.54) is 11.1 Å². The number of hydrogen-bond donors (Lipinski definition) is 2. The second-order valence-electron chi connectivity index (χ2n) is 7.09. The van der Waals surface area contributed by atoms with Crippen LogP contribution in [0.25, 0.3) is 0 Å². The molecule has 0 aromatic heterocycles. The van der Waals surface area contributed by atoms with Crippen molar-refractivity contribution in [1.82, 2.24) is 10.2 Å². The Morgan fingerprint density at radius 1 is 1.21 bits per heavy atom. The largest absolute Gasteiger partial charge is 0.478 e. The Balaban J connectivity index is 1.69. The molecule has 8 nitrogen and oxygen atoms in total. The van der Waals surface area contributed by atoms with Gasteiger partial charge in [-0.05, 0) is 30.0 Å². The quantitative estimate of drug-likeness (QED) is 0.549. The molecule has 29 heavy (non-hydrogen) atoms. The molecule has 1 amide bonds. The van der Waals surface area contributed by atoms with Gasteiger partial charge in [-0.15, -0.1) is 0 Å². The van der Waals surface area contributed by atoms with Gasteiger partial charge in [-0.25, -0.2) is 4.79 Å². The average molecular weight is 397 g/mol. The Morgan fingerprint density at radius 2 is 1.90 bits per heavy atom. The fourth-order valence-corrected chi connectivity index (χ4v) is 3.64. The van der Waals surface area contributed by atoms with Crippen LogP contribution in [-0.2, 0) is 13.0 Å². The monoisotopic (exact) mass is 397 g/mol. The molecule has 8 heteroatoms. The van der Waals surface area contributed by atoms with Crippen LogP contribution in [-0.4, -0.2) is 45.9 Å². The van der Waals surface area contributed by atoms with Crippen LogP contribution < -0.4 is 5.32 Å². The van der Waals surface area contributed by atoms with E-state index in [1.54, 1.807) is 0 Å². The highest BCUT2D eigenvalue weighted by Crippen LogP contribution is 2.21. The topological polar surface area (TPSA) is 113 Å². The van der Waals surface area contributed by atoms with E-state index in [0.717, 1.165) is 44.1 Å². The molecule has 1 heterocycles. The lowest BCUT2D eigenvalue weighted by Crippen LogP contribution is -2.45. The van der Waals surface area contributed by atoms with Crippen LogP contribution in [0.5, 0.6) is 0 Å². The fourth-order valence-electron chi connectivity index (χ4n) is 3.64. The molecule has 0 radical (unpaired) electrons. The van der Waals surface area contributed by atoms with Crippen molar-refractivity contribution in [1.29, 1.82) is 0 Å². The Morgan fingerprint density at radius 3 is 2.55 bits per heavy atom. The number of rotatable bonds is 7. The van der Waals surface area contributed by atoms with Crippen LogP contribution in [0.4, 0.5) is 5.69 Å². The minimum Gasteiger partial charge on any atom is -0.478 e. The average Bonchev–Trinajstić information content (AvgIpc) is 2.73. The number of amides is 1. The van der Waals surface area contributed by atoms with Gasteiger partial charge in [0.2, 0.25) is 0 Å². The zero-order valence-electron chi connectivity index (χ0n) is 16.1. The van der Waals surface area contributed by atoms with Crippen molar-refractivity contribution in [3.8, 4) is 0 Å². The highest BCUT2D eigenvalue weighted by molar-refractivity contribution is 5.98. The van der Waals surface area contributed by atoms with E-state index in [0.29, 0.717) is 6.54 Å². The highest BCUT2D eigenvalue weighted by Gasteiger charge is 2.23. The molecule has 3 rings (SSSR count). The number of hydrogen-bond acceptors (Lipinski definition) is 5.